The van der Waals surface area contributed by atoms with Gasteiger partial charge in [-0.3, -0.25) is 0 Å². The number of hydrogen-bond acceptors (Lipinski definition) is 1. The van der Waals surface area contributed by atoms with Crippen LogP contribution in [0.1, 0.15) is 19.3 Å². The fourth-order valence-corrected chi connectivity index (χ4v) is 2.32. The molecule has 0 fully saturated rings. The average Bonchev–Trinajstić information content (AvgIpc) is 2.59. The van der Waals surface area contributed by atoms with Crippen molar-refractivity contribution in [2.75, 3.05) is 0 Å². The molecular weight excluding hydrogens is 164 g/mol. The number of allylic oxidation sites excluding steroid dienone is 2. The molecule has 1 radical (unpaired) electrons. The van der Waals surface area contributed by atoms with E-state index < -0.39 is 0 Å². The predicted octanol–water partition coefficient (Wildman–Crippen LogP) is 3.65. The van der Waals surface area contributed by atoms with E-state index in [9.17, 15) is 0 Å². The first-order chi connectivity index (χ1) is 5.95. The molecular formula is C11H11S. The van der Waals surface area contributed by atoms with Crippen LogP contribution in [0.3, 0.4) is 0 Å². The van der Waals surface area contributed by atoms with Gasteiger partial charge >= 0.3 is 0 Å². The van der Waals surface area contributed by atoms with Crippen LogP contribution in [0.5, 0.6) is 0 Å². The van der Waals surface area contributed by atoms with E-state index in [0.717, 1.165) is 0 Å². The van der Waals surface area contributed by atoms with Gasteiger partial charge in [0.25, 0.3) is 0 Å². The van der Waals surface area contributed by atoms with Gasteiger partial charge in [-0.15, -0.1) is 0 Å². The lowest BCUT2D eigenvalue weighted by atomic mass is 10.4. The zero-order valence-corrected chi connectivity index (χ0v) is 7.73. The third kappa shape index (κ3) is 1.92. The highest BCUT2D eigenvalue weighted by molar-refractivity contribution is 8.03. The van der Waals surface area contributed by atoms with Gasteiger partial charge < -0.3 is 0 Å². The van der Waals surface area contributed by atoms with Crippen LogP contribution >= 0.6 is 11.8 Å². The molecule has 1 aliphatic carbocycles. The Hall–Kier alpha value is -0.690. The zero-order chi connectivity index (χ0) is 8.23. The predicted molar refractivity (Wildman–Crippen MR) is 53.1 cm³/mol. The molecule has 2 rings (SSSR count). The highest BCUT2D eigenvalue weighted by Crippen LogP contribution is 2.33. The summed E-state index contributed by atoms with van der Waals surface area (Å²) in [5.41, 5.74) is 0. The summed E-state index contributed by atoms with van der Waals surface area (Å²) >= 11 is 1.86. The van der Waals surface area contributed by atoms with Crippen molar-refractivity contribution >= 4 is 11.8 Å². The molecule has 0 saturated carbocycles. The first-order valence-corrected chi connectivity index (χ1v) is 5.10. The van der Waals surface area contributed by atoms with Crippen LogP contribution in [0.4, 0.5) is 0 Å². The minimum absolute atomic E-state index is 1.24. The second-order valence-electron chi connectivity index (χ2n) is 2.89. The second kappa shape index (κ2) is 3.81. The van der Waals surface area contributed by atoms with E-state index in [2.05, 4.69) is 24.3 Å². The lowest BCUT2D eigenvalue weighted by molar-refractivity contribution is 0.925. The standard InChI is InChI=1S/C11H11S/c1-2-6-10(7-3-1)12-11-8-4-5-9-11/h1-3,6,8H,4-5,9H2. The third-order valence-corrected chi connectivity index (χ3v) is 3.03. The van der Waals surface area contributed by atoms with Gasteiger partial charge in [-0.25, -0.2) is 0 Å². The Morgan fingerprint density at radius 2 is 2.33 bits per heavy atom. The van der Waals surface area contributed by atoms with Gasteiger partial charge in [-0.1, -0.05) is 36.0 Å². The molecule has 1 aromatic carbocycles. The van der Waals surface area contributed by atoms with Gasteiger partial charge in [0.05, 0.1) is 0 Å². The minimum Gasteiger partial charge on any atom is -0.0942 e. The molecule has 1 heteroatoms. The van der Waals surface area contributed by atoms with E-state index in [-0.39, 0.29) is 0 Å². The first kappa shape index (κ1) is 7.93. The van der Waals surface area contributed by atoms with Gasteiger partial charge in [0.15, 0.2) is 0 Å². The van der Waals surface area contributed by atoms with Crippen LogP contribution in [0.15, 0.2) is 40.1 Å². The average molecular weight is 175 g/mol. The van der Waals surface area contributed by atoms with E-state index in [4.69, 9.17) is 0 Å². The zero-order valence-electron chi connectivity index (χ0n) is 6.92. The van der Waals surface area contributed by atoms with Crippen molar-refractivity contribution in [2.45, 2.75) is 24.2 Å². The summed E-state index contributed by atoms with van der Waals surface area (Å²) in [4.78, 5) is 2.75. The van der Waals surface area contributed by atoms with Crippen LogP contribution in [-0.2, 0) is 0 Å². The summed E-state index contributed by atoms with van der Waals surface area (Å²) in [6.45, 7) is 0. The highest BCUT2D eigenvalue weighted by Gasteiger charge is 2.05. The van der Waals surface area contributed by atoms with Gasteiger partial charge in [0.1, 0.15) is 0 Å². The van der Waals surface area contributed by atoms with E-state index in [0.29, 0.717) is 0 Å². The normalized spacial score (nSPS) is 16.2. The molecule has 0 atom stereocenters. The Bertz CT molecular complexity index is 274. The van der Waals surface area contributed by atoms with E-state index >= 15 is 0 Å². The molecule has 0 bridgehead atoms. The van der Waals surface area contributed by atoms with E-state index in [1.807, 2.05) is 23.9 Å². The largest absolute Gasteiger partial charge is 0.0942 e. The maximum absolute atomic E-state index is 3.22. The SMILES string of the molecule is [c]1ccccc1SC1=CCCC1. The Kier molecular flexibility index (Phi) is 2.52. The van der Waals surface area contributed by atoms with Crippen molar-refractivity contribution in [2.24, 2.45) is 0 Å². The van der Waals surface area contributed by atoms with Crippen LogP contribution in [0.25, 0.3) is 0 Å². The number of benzene rings is 1. The molecule has 0 spiro atoms. The molecule has 0 aromatic heterocycles. The first-order valence-electron chi connectivity index (χ1n) is 4.29. The van der Waals surface area contributed by atoms with Gasteiger partial charge in [0, 0.05) is 4.90 Å². The van der Waals surface area contributed by atoms with Crippen LogP contribution in [0, 0.1) is 6.07 Å². The van der Waals surface area contributed by atoms with Crippen molar-refractivity contribution in [1.82, 2.24) is 0 Å². The van der Waals surface area contributed by atoms with E-state index in [1.54, 1.807) is 0 Å². The molecule has 61 valence electrons. The van der Waals surface area contributed by atoms with Crippen molar-refractivity contribution in [3.8, 4) is 0 Å². The summed E-state index contributed by atoms with van der Waals surface area (Å²) < 4.78 is 0. The topological polar surface area (TPSA) is 0 Å². The number of thioether (sulfide) groups is 1. The smallest absolute Gasteiger partial charge is 0.0197 e. The molecule has 0 saturated heterocycles. The lowest BCUT2D eigenvalue weighted by Crippen LogP contribution is -1.71. The van der Waals surface area contributed by atoms with Gasteiger partial charge in [0.2, 0.25) is 0 Å². The Morgan fingerprint density at radius 1 is 1.33 bits per heavy atom. The van der Waals surface area contributed by atoms with E-state index in [1.165, 1.54) is 29.1 Å². The third-order valence-electron chi connectivity index (χ3n) is 1.92. The molecule has 0 amide bonds. The van der Waals surface area contributed by atoms with Crippen molar-refractivity contribution in [1.29, 1.82) is 0 Å². The van der Waals surface area contributed by atoms with Gasteiger partial charge in [-0.05, 0) is 36.3 Å². The fourth-order valence-electron chi connectivity index (χ4n) is 1.32. The monoisotopic (exact) mass is 175 g/mol. The summed E-state index contributed by atoms with van der Waals surface area (Å²) in [5.74, 6) is 0. The highest BCUT2D eigenvalue weighted by atomic mass is 32.2. The summed E-state index contributed by atoms with van der Waals surface area (Å²) in [6.07, 6.45) is 6.18. The molecule has 1 aliphatic rings. The fraction of sp³-hybridized carbons (Fsp3) is 0.273. The Balaban J connectivity index is 2.04. The Labute approximate surface area is 77.7 Å². The molecule has 0 unspecified atom stereocenters. The van der Waals surface area contributed by atoms with Gasteiger partial charge in [-0.2, -0.15) is 0 Å². The van der Waals surface area contributed by atoms with Crippen LogP contribution in [0.2, 0.25) is 0 Å². The maximum atomic E-state index is 3.22. The number of rotatable bonds is 2. The summed E-state index contributed by atoms with van der Waals surface area (Å²) in [5, 5.41) is 0. The van der Waals surface area contributed by atoms with Crippen LogP contribution in [-0.4, -0.2) is 0 Å². The summed E-state index contributed by atoms with van der Waals surface area (Å²) in [6, 6.07) is 11.4. The minimum atomic E-state index is 1.24. The maximum Gasteiger partial charge on any atom is 0.0197 e. The van der Waals surface area contributed by atoms with Crippen molar-refractivity contribution < 1.29 is 0 Å². The quantitative estimate of drug-likeness (QED) is 0.661. The number of hydrogen-bond donors (Lipinski definition) is 0. The molecule has 1 aromatic rings. The molecule has 0 N–H and O–H groups in total. The molecule has 0 heterocycles. The van der Waals surface area contributed by atoms with Crippen LogP contribution < -0.4 is 0 Å². The Morgan fingerprint density at radius 3 is 3.00 bits per heavy atom. The van der Waals surface area contributed by atoms with Crippen molar-refractivity contribution in [3.63, 3.8) is 0 Å². The lowest BCUT2D eigenvalue weighted by Gasteiger charge is -1.99. The molecule has 0 aliphatic heterocycles. The molecule has 0 nitrogen and oxygen atoms in total. The van der Waals surface area contributed by atoms with Crippen molar-refractivity contribution in [3.05, 3.63) is 41.3 Å². The second-order valence-corrected chi connectivity index (χ2v) is 4.06. The molecule has 12 heavy (non-hydrogen) atoms. The summed E-state index contributed by atoms with van der Waals surface area (Å²) in [7, 11) is 0.